The maximum atomic E-state index is 12.1. The van der Waals surface area contributed by atoms with Gasteiger partial charge < -0.3 is 10.6 Å². The van der Waals surface area contributed by atoms with E-state index in [1.807, 2.05) is 13.0 Å². The minimum Gasteiger partial charge on any atom is -0.352 e. The Hall–Kier alpha value is -3.29. The van der Waals surface area contributed by atoms with E-state index in [9.17, 15) is 19.7 Å². The molecule has 1 aromatic heterocycles. The largest absolute Gasteiger partial charge is 0.352 e. The van der Waals surface area contributed by atoms with Gasteiger partial charge in [-0.2, -0.15) is 0 Å². The quantitative estimate of drug-likeness (QED) is 0.618. The molecule has 2 rings (SSSR count). The number of aromatic nitrogens is 1. The van der Waals surface area contributed by atoms with Crippen molar-refractivity contribution >= 4 is 23.3 Å². The van der Waals surface area contributed by atoms with Gasteiger partial charge >= 0.3 is 0 Å². The Morgan fingerprint density at radius 2 is 1.96 bits per heavy atom. The highest BCUT2D eigenvalue weighted by molar-refractivity contribution is 5.96. The summed E-state index contributed by atoms with van der Waals surface area (Å²) in [5.41, 5.74) is 1.56. The summed E-state index contributed by atoms with van der Waals surface area (Å²) in [6.07, 6.45) is 0.0907. The maximum absolute atomic E-state index is 12.1. The second-order valence-electron chi connectivity index (χ2n) is 5.47. The average molecular weight is 342 g/mol. The number of pyridine rings is 1. The first-order valence-electron chi connectivity index (χ1n) is 7.63. The van der Waals surface area contributed by atoms with Crippen LogP contribution in [0.5, 0.6) is 0 Å². The molecule has 0 fully saturated rings. The Kier molecular flexibility index (Phi) is 5.78. The van der Waals surface area contributed by atoms with Gasteiger partial charge in [0.05, 0.1) is 4.92 Å². The van der Waals surface area contributed by atoms with Crippen molar-refractivity contribution in [2.24, 2.45) is 0 Å². The summed E-state index contributed by atoms with van der Waals surface area (Å²) in [4.78, 5) is 38.3. The maximum Gasteiger partial charge on any atom is 0.269 e. The fraction of sp³-hybridized carbons (Fsp3) is 0.235. The van der Waals surface area contributed by atoms with Gasteiger partial charge in [-0.25, -0.2) is 4.98 Å². The molecule has 1 heterocycles. The van der Waals surface area contributed by atoms with Crippen LogP contribution in [-0.4, -0.2) is 28.3 Å². The number of non-ortho nitro benzene ring substituents is 1. The van der Waals surface area contributed by atoms with Crippen LogP contribution < -0.4 is 10.6 Å². The minimum absolute atomic E-state index is 0.0703. The molecule has 0 bridgehead atoms. The van der Waals surface area contributed by atoms with Crippen LogP contribution in [0.25, 0.3) is 0 Å². The first-order valence-corrected chi connectivity index (χ1v) is 7.63. The summed E-state index contributed by atoms with van der Waals surface area (Å²) in [6.45, 7) is 3.59. The Balaban J connectivity index is 1.86. The topological polar surface area (TPSA) is 114 Å². The number of nitrogens with zero attached hydrogens (tertiary/aromatic N) is 2. The van der Waals surface area contributed by atoms with Gasteiger partial charge in [0.25, 0.3) is 11.6 Å². The Bertz CT molecular complexity index is 820. The van der Waals surface area contributed by atoms with Gasteiger partial charge in [-0.15, -0.1) is 0 Å². The standard InChI is InChI=1S/C17H18N4O4/c1-11-10-13(21(24)25)6-7-14(11)17(23)18-9-8-16(22)20-15-5-3-4-12(2)19-15/h3-7,10H,8-9H2,1-2H3,(H,18,23)(H,19,20,22). The molecule has 2 aromatic rings. The van der Waals surface area contributed by atoms with Crippen molar-refractivity contribution in [1.29, 1.82) is 0 Å². The van der Waals surface area contributed by atoms with E-state index in [1.165, 1.54) is 18.2 Å². The van der Waals surface area contributed by atoms with E-state index in [0.717, 1.165) is 5.69 Å². The fourth-order valence-electron chi connectivity index (χ4n) is 2.22. The van der Waals surface area contributed by atoms with Crippen LogP contribution >= 0.6 is 0 Å². The van der Waals surface area contributed by atoms with E-state index in [4.69, 9.17) is 0 Å². The van der Waals surface area contributed by atoms with Gasteiger partial charge in [-0.1, -0.05) is 6.07 Å². The number of nitro groups is 1. The van der Waals surface area contributed by atoms with Crippen molar-refractivity contribution in [1.82, 2.24) is 10.3 Å². The Morgan fingerprint density at radius 1 is 1.20 bits per heavy atom. The number of rotatable bonds is 6. The van der Waals surface area contributed by atoms with Crippen molar-refractivity contribution in [2.75, 3.05) is 11.9 Å². The van der Waals surface area contributed by atoms with Gasteiger partial charge in [0.1, 0.15) is 5.82 Å². The highest BCUT2D eigenvalue weighted by atomic mass is 16.6. The molecule has 0 saturated heterocycles. The minimum atomic E-state index is -0.516. The van der Waals surface area contributed by atoms with Crippen LogP contribution in [0.1, 0.15) is 28.0 Å². The lowest BCUT2D eigenvalue weighted by Crippen LogP contribution is -2.28. The van der Waals surface area contributed by atoms with Crippen LogP contribution in [0.4, 0.5) is 11.5 Å². The first-order chi connectivity index (χ1) is 11.9. The van der Waals surface area contributed by atoms with Crippen molar-refractivity contribution in [3.05, 3.63) is 63.3 Å². The predicted octanol–water partition coefficient (Wildman–Crippen LogP) is 2.37. The number of amides is 2. The molecule has 0 saturated carbocycles. The lowest BCUT2D eigenvalue weighted by atomic mass is 10.1. The molecule has 0 aliphatic carbocycles. The van der Waals surface area contributed by atoms with E-state index in [2.05, 4.69) is 15.6 Å². The zero-order valence-corrected chi connectivity index (χ0v) is 13.9. The molecule has 130 valence electrons. The van der Waals surface area contributed by atoms with Crippen molar-refractivity contribution in [3.8, 4) is 0 Å². The molecule has 2 amide bonds. The molecule has 0 spiro atoms. The number of hydrogen-bond donors (Lipinski definition) is 2. The van der Waals surface area contributed by atoms with Crippen molar-refractivity contribution in [2.45, 2.75) is 20.3 Å². The van der Waals surface area contributed by atoms with Crippen LogP contribution in [0, 0.1) is 24.0 Å². The van der Waals surface area contributed by atoms with E-state index in [0.29, 0.717) is 16.9 Å². The molecular formula is C17H18N4O4. The fourth-order valence-corrected chi connectivity index (χ4v) is 2.22. The normalized spacial score (nSPS) is 10.2. The van der Waals surface area contributed by atoms with Gasteiger partial charge in [-0.05, 0) is 37.6 Å². The van der Waals surface area contributed by atoms with Gasteiger partial charge in [0.15, 0.2) is 0 Å². The van der Waals surface area contributed by atoms with E-state index < -0.39 is 4.92 Å². The molecule has 0 aliphatic heterocycles. The van der Waals surface area contributed by atoms with Crippen LogP contribution in [-0.2, 0) is 4.79 Å². The molecule has 8 heteroatoms. The number of carbonyl (C=O) groups excluding carboxylic acids is 2. The smallest absolute Gasteiger partial charge is 0.269 e. The van der Waals surface area contributed by atoms with E-state index in [-0.39, 0.29) is 30.5 Å². The number of aryl methyl sites for hydroxylation is 2. The molecule has 0 aliphatic rings. The highest BCUT2D eigenvalue weighted by Gasteiger charge is 2.13. The Labute approximate surface area is 144 Å². The number of nitro benzene ring substituents is 1. The second-order valence-corrected chi connectivity index (χ2v) is 5.47. The molecule has 0 radical (unpaired) electrons. The molecule has 8 nitrogen and oxygen atoms in total. The second kappa shape index (κ2) is 8.00. The number of carbonyl (C=O) groups is 2. The summed E-state index contributed by atoms with van der Waals surface area (Å²) >= 11 is 0. The van der Waals surface area contributed by atoms with Crippen LogP contribution in [0.2, 0.25) is 0 Å². The van der Waals surface area contributed by atoms with Crippen LogP contribution in [0.3, 0.4) is 0 Å². The van der Waals surface area contributed by atoms with Gasteiger partial charge in [0, 0.05) is 36.4 Å². The lowest BCUT2D eigenvalue weighted by molar-refractivity contribution is -0.384. The predicted molar refractivity (Wildman–Crippen MR) is 92.4 cm³/mol. The SMILES string of the molecule is Cc1cccc(NC(=O)CCNC(=O)c2ccc([N+](=O)[O-])cc2C)n1. The monoisotopic (exact) mass is 342 g/mol. The van der Waals surface area contributed by atoms with Gasteiger partial charge in [-0.3, -0.25) is 19.7 Å². The molecular weight excluding hydrogens is 324 g/mol. The zero-order chi connectivity index (χ0) is 18.4. The first kappa shape index (κ1) is 18.1. The van der Waals surface area contributed by atoms with Crippen LogP contribution in [0.15, 0.2) is 36.4 Å². The van der Waals surface area contributed by atoms with Crippen molar-refractivity contribution in [3.63, 3.8) is 0 Å². The van der Waals surface area contributed by atoms with Gasteiger partial charge in [0.2, 0.25) is 5.91 Å². The number of benzene rings is 1. The highest BCUT2D eigenvalue weighted by Crippen LogP contribution is 2.17. The third kappa shape index (κ3) is 5.10. The number of hydrogen-bond acceptors (Lipinski definition) is 5. The summed E-state index contributed by atoms with van der Waals surface area (Å²) in [6, 6.07) is 9.31. The lowest BCUT2D eigenvalue weighted by Gasteiger charge is -2.08. The zero-order valence-electron chi connectivity index (χ0n) is 13.9. The van der Waals surface area contributed by atoms with E-state index >= 15 is 0 Å². The Morgan fingerprint density at radius 3 is 2.60 bits per heavy atom. The number of nitrogens with one attached hydrogen (secondary N) is 2. The molecule has 1 aromatic carbocycles. The average Bonchev–Trinajstić information content (AvgIpc) is 2.54. The third-order valence-corrected chi connectivity index (χ3v) is 3.46. The summed E-state index contributed by atoms with van der Waals surface area (Å²) in [7, 11) is 0. The molecule has 0 unspecified atom stereocenters. The molecule has 0 atom stereocenters. The van der Waals surface area contributed by atoms with Crippen molar-refractivity contribution < 1.29 is 14.5 Å². The summed E-state index contributed by atoms with van der Waals surface area (Å²) in [5, 5.41) is 16.0. The summed E-state index contributed by atoms with van der Waals surface area (Å²) in [5.74, 6) is -0.185. The van der Waals surface area contributed by atoms with E-state index in [1.54, 1.807) is 19.1 Å². The molecule has 2 N–H and O–H groups in total. The number of anilines is 1. The third-order valence-electron chi connectivity index (χ3n) is 3.46. The molecule has 25 heavy (non-hydrogen) atoms. The summed E-state index contributed by atoms with van der Waals surface area (Å²) < 4.78 is 0.